The van der Waals surface area contributed by atoms with E-state index >= 15 is 0 Å². The number of hydrogen-bond acceptors (Lipinski definition) is 6. The van der Waals surface area contributed by atoms with Crippen LogP contribution in [0, 0.1) is 16.7 Å². The molecule has 3 atom stereocenters. The van der Waals surface area contributed by atoms with Crippen molar-refractivity contribution in [2.45, 2.75) is 59.4 Å². The maximum Gasteiger partial charge on any atom is 0.323 e. The van der Waals surface area contributed by atoms with Crippen LogP contribution in [0.2, 0.25) is 0 Å². The molecule has 7 nitrogen and oxygen atoms in total. The van der Waals surface area contributed by atoms with E-state index in [2.05, 4.69) is 6.58 Å². The van der Waals surface area contributed by atoms with Crippen molar-refractivity contribution in [1.29, 1.82) is 0 Å². The lowest BCUT2D eigenvalue weighted by Gasteiger charge is -2.35. The number of fused-ring (bicyclic) bond motifs is 2. The number of hydrogen-bond donors (Lipinski definition) is 2. The zero-order valence-corrected chi connectivity index (χ0v) is 16.9. The summed E-state index contributed by atoms with van der Waals surface area (Å²) < 4.78 is 35.7. The number of nitrogens with two attached hydrogens (primary N) is 1. The maximum absolute atomic E-state index is 11.9. The van der Waals surface area contributed by atoms with E-state index in [0.29, 0.717) is 25.9 Å². The Balaban J connectivity index is 0.000000276. The third-order valence-electron chi connectivity index (χ3n) is 5.73. The highest BCUT2D eigenvalue weighted by Crippen LogP contribution is 2.64. The third kappa shape index (κ3) is 4.92. The predicted molar refractivity (Wildman–Crippen MR) is 99.0 cm³/mol. The molecule has 2 saturated carbocycles. The Labute approximate surface area is 156 Å². The highest BCUT2D eigenvalue weighted by molar-refractivity contribution is 7.85. The van der Waals surface area contributed by atoms with Gasteiger partial charge in [-0.3, -0.25) is 14.1 Å². The van der Waals surface area contributed by atoms with Gasteiger partial charge in [0.05, 0.1) is 17.8 Å². The van der Waals surface area contributed by atoms with Crippen LogP contribution >= 0.6 is 0 Å². The number of Topliss-reactive ketones (excluding diaryl/α,β-unsaturated/α-hetero) is 1. The summed E-state index contributed by atoms with van der Waals surface area (Å²) in [6.45, 7) is 11.5. The maximum atomic E-state index is 11.9. The molecule has 0 aliphatic heterocycles. The minimum Gasteiger partial charge on any atom is -0.465 e. The van der Waals surface area contributed by atoms with Gasteiger partial charge in [-0.1, -0.05) is 19.4 Å². The van der Waals surface area contributed by atoms with Crippen LogP contribution in [0.4, 0.5) is 0 Å². The largest absolute Gasteiger partial charge is 0.465 e. The molecule has 2 fully saturated rings. The smallest absolute Gasteiger partial charge is 0.323 e. The number of rotatable bonds is 6. The van der Waals surface area contributed by atoms with Crippen LogP contribution in [-0.4, -0.2) is 43.1 Å². The van der Waals surface area contributed by atoms with Crippen LogP contribution in [0.1, 0.15) is 53.4 Å². The van der Waals surface area contributed by atoms with Crippen molar-refractivity contribution in [3.05, 3.63) is 12.2 Å². The standard InChI is InChI=1S/C10H16O4S.C8H15NO2/c1-9(2)7-3-4-10(9,8(11)5-7)6-15(12,13)14;1-4-11-8(10)7(9)5-6(2)3/h7H,3-6H2,1-2H3,(H,12,13,14);7H,2,4-5,9H2,1,3H3/t7-,10-;7-/m11/s1. The normalized spacial score (nSPS) is 27.5. The van der Waals surface area contributed by atoms with Gasteiger partial charge in [0.15, 0.2) is 0 Å². The van der Waals surface area contributed by atoms with Crippen molar-refractivity contribution in [3.63, 3.8) is 0 Å². The molecule has 0 saturated heterocycles. The van der Waals surface area contributed by atoms with Gasteiger partial charge in [-0.25, -0.2) is 0 Å². The molecular formula is C18H31NO6S. The molecule has 8 heteroatoms. The summed E-state index contributed by atoms with van der Waals surface area (Å²) in [5, 5.41) is 0. The zero-order chi connectivity index (χ0) is 20.3. The van der Waals surface area contributed by atoms with Crippen LogP contribution in [0.25, 0.3) is 0 Å². The van der Waals surface area contributed by atoms with Gasteiger partial charge in [0.2, 0.25) is 0 Å². The van der Waals surface area contributed by atoms with E-state index in [1.165, 1.54) is 0 Å². The average Bonchev–Trinajstić information content (AvgIpc) is 2.79. The van der Waals surface area contributed by atoms with Crippen molar-refractivity contribution in [2.24, 2.45) is 22.5 Å². The van der Waals surface area contributed by atoms with Gasteiger partial charge in [-0.15, -0.1) is 6.58 Å². The van der Waals surface area contributed by atoms with Crippen LogP contribution in [0.15, 0.2) is 12.2 Å². The van der Waals surface area contributed by atoms with Gasteiger partial charge in [0.1, 0.15) is 11.8 Å². The van der Waals surface area contributed by atoms with Crippen LogP contribution in [-0.2, 0) is 24.4 Å². The molecule has 2 aliphatic carbocycles. The van der Waals surface area contributed by atoms with Gasteiger partial charge in [0, 0.05) is 6.42 Å². The third-order valence-corrected chi connectivity index (χ3v) is 6.58. The SMILES string of the molecule is C=C(C)C[C@@H](N)C(=O)OCC.CC1(C)[C@@H]2CC[C@@]1(CS(=O)(=O)O)C(=O)C2. The molecule has 0 unspecified atom stereocenters. The summed E-state index contributed by atoms with van der Waals surface area (Å²) >= 11 is 0. The summed E-state index contributed by atoms with van der Waals surface area (Å²) in [7, 11) is -4.08. The van der Waals surface area contributed by atoms with Crippen molar-refractivity contribution >= 4 is 21.9 Å². The fourth-order valence-corrected chi connectivity index (χ4v) is 5.43. The first-order valence-electron chi connectivity index (χ1n) is 8.82. The second kappa shape index (κ2) is 8.19. The van der Waals surface area contributed by atoms with Crippen molar-refractivity contribution in [2.75, 3.05) is 12.4 Å². The lowest BCUT2D eigenvalue weighted by atomic mass is 9.70. The summed E-state index contributed by atoms with van der Waals surface area (Å²) in [6.07, 6.45) is 2.47. The fraction of sp³-hybridized carbons (Fsp3) is 0.778. The average molecular weight is 390 g/mol. The Kier molecular flexibility index (Phi) is 7.18. The summed E-state index contributed by atoms with van der Waals surface area (Å²) in [4.78, 5) is 22.8. The summed E-state index contributed by atoms with van der Waals surface area (Å²) in [5.74, 6) is -0.453. The topological polar surface area (TPSA) is 124 Å². The highest BCUT2D eigenvalue weighted by atomic mass is 32.2. The Morgan fingerprint density at radius 2 is 2.04 bits per heavy atom. The Hall–Kier alpha value is -1.25. The number of ketones is 1. The first kappa shape index (κ1) is 22.8. The molecule has 150 valence electrons. The number of ether oxygens (including phenoxy) is 1. The van der Waals surface area contributed by atoms with Crippen molar-refractivity contribution < 1.29 is 27.3 Å². The van der Waals surface area contributed by atoms with Gasteiger partial charge in [0.25, 0.3) is 10.1 Å². The van der Waals surface area contributed by atoms with E-state index in [4.69, 9.17) is 15.0 Å². The Morgan fingerprint density at radius 1 is 1.46 bits per heavy atom. The molecule has 3 N–H and O–H groups in total. The summed E-state index contributed by atoms with van der Waals surface area (Å²) in [6, 6.07) is -0.549. The molecule has 0 spiro atoms. The number of carbonyl (C=O) groups is 2. The molecular weight excluding hydrogens is 358 g/mol. The first-order valence-corrected chi connectivity index (χ1v) is 10.4. The van der Waals surface area contributed by atoms with Crippen LogP contribution in [0.3, 0.4) is 0 Å². The molecule has 26 heavy (non-hydrogen) atoms. The monoisotopic (exact) mass is 389 g/mol. The van der Waals surface area contributed by atoms with E-state index in [9.17, 15) is 18.0 Å². The van der Waals surface area contributed by atoms with Gasteiger partial charge >= 0.3 is 5.97 Å². The van der Waals surface area contributed by atoms with Crippen LogP contribution < -0.4 is 5.73 Å². The van der Waals surface area contributed by atoms with Gasteiger partial charge in [-0.05, 0) is 44.4 Å². The molecule has 0 aromatic carbocycles. The van der Waals surface area contributed by atoms with E-state index in [1.807, 2.05) is 20.8 Å². The van der Waals surface area contributed by atoms with Gasteiger partial charge in [-0.2, -0.15) is 8.42 Å². The quantitative estimate of drug-likeness (QED) is 0.405. The lowest BCUT2D eigenvalue weighted by molar-refractivity contribution is -0.144. The molecule has 2 rings (SSSR count). The van der Waals surface area contributed by atoms with E-state index in [-0.39, 0.29) is 23.1 Å². The Bertz CT molecular complexity index is 669. The van der Waals surface area contributed by atoms with Crippen LogP contribution in [0.5, 0.6) is 0 Å². The summed E-state index contributed by atoms with van der Waals surface area (Å²) in [5.41, 5.74) is 5.24. The van der Waals surface area contributed by atoms with E-state index in [1.54, 1.807) is 6.92 Å². The minimum absolute atomic E-state index is 0.0152. The molecule has 0 radical (unpaired) electrons. The molecule has 0 aromatic heterocycles. The second-order valence-electron chi connectivity index (χ2n) is 7.91. The molecule has 0 heterocycles. The van der Waals surface area contributed by atoms with E-state index < -0.39 is 27.3 Å². The van der Waals surface area contributed by atoms with E-state index in [0.717, 1.165) is 12.0 Å². The molecule has 0 amide bonds. The zero-order valence-electron chi connectivity index (χ0n) is 16.1. The minimum atomic E-state index is -4.08. The number of esters is 1. The van der Waals surface area contributed by atoms with Gasteiger partial charge < -0.3 is 10.5 Å². The second-order valence-corrected chi connectivity index (χ2v) is 9.37. The molecule has 0 aromatic rings. The highest BCUT2D eigenvalue weighted by Gasteiger charge is 2.65. The fourth-order valence-electron chi connectivity index (χ4n) is 4.13. The number of carbonyl (C=O) groups excluding carboxylic acids is 2. The van der Waals surface area contributed by atoms with Crippen molar-refractivity contribution in [1.82, 2.24) is 0 Å². The van der Waals surface area contributed by atoms with Crippen molar-refractivity contribution in [3.8, 4) is 0 Å². The Morgan fingerprint density at radius 3 is 2.38 bits per heavy atom. The predicted octanol–water partition coefficient (Wildman–Crippen LogP) is 2.11. The molecule has 2 aliphatic rings. The first-order chi connectivity index (χ1) is 11.8. The molecule has 2 bridgehead atoms. The lowest BCUT2D eigenvalue weighted by Crippen LogP contribution is -2.42.